The van der Waals surface area contributed by atoms with Gasteiger partial charge < -0.3 is 24.4 Å². The molecule has 1 N–H and O–H groups in total. The van der Waals surface area contributed by atoms with Crippen LogP contribution in [0.1, 0.15) is 23.6 Å². The summed E-state index contributed by atoms with van der Waals surface area (Å²) in [5.74, 6) is -0.682. The van der Waals surface area contributed by atoms with Gasteiger partial charge in [-0.3, -0.25) is 14.6 Å². The number of aliphatic hydroxyl groups is 1. The molecule has 2 aromatic rings. The first-order chi connectivity index (χ1) is 14.9. The Morgan fingerprint density at radius 3 is 2.39 bits per heavy atom. The molecule has 164 valence electrons. The van der Waals surface area contributed by atoms with Crippen molar-refractivity contribution < 1.29 is 24.2 Å². The van der Waals surface area contributed by atoms with E-state index in [9.17, 15) is 14.7 Å². The van der Waals surface area contributed by atoms with Gasteiger partial charge in [0, 0.05) is 24.5 Å². The van der Waals surface area contributed by atoms with Crippen LogP contribution in [0.5, 0.6) is 11.5 Å². The molecule has 0 spiro atoms. The number of carbonyl (C=O) groups is 2. The molecule has 1 amide bonds. The minimum absolute atomic E-state index is 0.0493. The third-order valence-electron chi connectivity index (χ3n) is 5.22. The topological polar surface area (TPSA) is 92.2 Å². The van der Waals surface area contributed by atoms with Gasteiger partial charge in [-0.1, -0.05) is 0 Å². The highest BCUT2D eigenvalue weighted by Gasteiger charge is 2.45. The first-order valence-electron chi connectivity index (χ1n) is 9.94. The van der Waals surface area contributed by atoms with E-state index in [2.05, 4.69) is 4.98 Å². The van der Waals surface area contributed by atoms with E-state index in [1.807, 2.05) is 19.0 Å². The molecule has 1 aromatic heterocycles. The number of ether oxygens (including phenoxy) is 2. The highest BCUT2D eigenvalue weighted by molar-refractivity contribution is 6.46. The van der Waals surface area contributed by atoms with Crippen LogP contribution in [0.4, 0.5) is 0 Å². The van der Waals surface area contributed by atoms with Crippen LogP contribution in [-0.4, -0.2) is 73.0 Å². The zero-order chi connectivity index (χ0) is 22.5. The zero-order valence-electron chi connectivity index (χ0n) is 18.2. The van der Waals surface area contributed by atoms with Gasteiger partial charge >= 0.3 is 0 Å². The van der Waals surface area contributed by atoms with Crippen LogP contribution in [0, 0.1) is 0 Å². The highest BCUT2D eigenvalue weighted by atomic mass is 16.5. The quantitative estimate of drug-likeness (QED) is 0.395. The van der Waals surface area contributed by atoms with Gasteiger partial charge in [-0.05, 0) is 63.0 Å². The molecule has 31 heavy (non-hydrogen) atoms. The number of carbonyl (C=O) groups excluding carboxylic acids is 2. The molecular formula is C23H27N3O5. The number of Topliss-reactive ketones (excluding diaryl/α,β-unsaturated/α-hetero) is 1. The SMILES string of the molecule is COc1ccc(/C(O)=C2\C(=O)C(=O)N(CCCN(C)C)[C@@H]2c2ccncc2)cc1OC. The molecule has 1 saturated heterocycles. The average molecular weight is 425 g/mol. The van der Waals surface area contributed by atoms with Crippen LogP contribution in [0.3, 0.4) is 0 Å². The fourth-order valence-electron chi connectivity index (χ4n) is 3.70. The summed E-state index contributed by atoms with van der Waals surface area (Å²) in [6.07, 6.45) is 3.90. The smallest absolute Gasteiger partial charge is 0.295 e. The Labute approximate surface area is 181 Å². The minimum atomic E-state index is -0.709. The fraction of sp³-hybridized carbons (Fsp3) is 0.348. The monoisotopic (exact) mass is 425 g/mol. The van der Waals surface area contributed by atoms with Crippen molar-refractivity contribution in [3.8, 4) is 11.5 Å². The van der Waals surface area contributed by atoms with Gasteiger partial charge in [0.05, 0.1) is 25.8 Å². The summed E-state index contributed by atoms with van der Waals surface area (Å²) in [6, 6.07) is 7.65. The van der Waals surface area contributed by atoms with Crippen molar-refractivity contribution in [3.05, 3.63) is 59.4 Å². The van der Waals surface area contributed by atoms with E-state index in [-0.39, 0.29) is 11.3 Å². The standard InChI is InChI=1S/C23H27N3O5/c1-25(2)12-5-13-26-20(15-8-10-24-11-9-15)19(22(28)23(26)29)21(27)16-6-7-17(30-3)18(14-16)31-4/h6-11,14,20,27H,5,12-13H2,1-4H3/b21-19+/t20-/m1/s1. The van der Waals surface area contributed by atoms with Gasteiger partial charge in [0.2, 0.25) is 0 Å². The molecule has 1 fully saturated rings. The first-order valence-corrected chi connectivity index (χ1v) is 9.94. The van der Waals surface area contributed by atoms with Gasteiger partial charge in [-0.15, -0.1) is 0 Å². The van der Waals surface area contributed by atoms with E-state index in [1.54, 1.807) is 42.7 Å². The lowest BCUT2D eigenvalue weighted by atomic mass is 9.95. The molecule has 0 bridgehead atoms. The number of pyridine rings is 1. The average Bonchev–Trinajstić information content (AvgIpc) is 3.03. The first kappa shape index (κ1) is 22.3. The van der Waals surface area contributed by atoms with Crippen molar-refractivity contribution in [2.75, 3.05) is 41.4 Å². The lowest BCUT2D eigenvalue weighted by Crippen LogP contribution is -2.32. The predicted octanol–water partition coefficient (Wildman–Crippen LogP) is 2.47. The number of aliphatic hydroxyl groups excluding tert-OH is 1. The van der Waals surface area contributed by atoms with E-state index in [0.29, 0.717) is 35.6 Å². The number of likely N-dealkylation sites (tertiary alicyclic amines) is 1. The fourth-order valence-corrected chi connectivity index (χ4v) is 3.70. The highest BCUT2D eigenvalue weighted by Crippen LogP contribution is 2.40. The summed E-state index contributed by atoms with van der Waals surface area (Å²) >= 11 is 0. The van der Waals surface area contributed by atoms with Crippen molar-refractivity contribution >= 4 is 17.4 Å². The van der Waals surface area contributed by atoms with Gasteiger partial charge in [0.15, 0.2) is 11.5 Å². The maximum absolute atomic E-state index is 13.0. The molecule has 0 saturated carbocycles. The van der Waals surface area contributed by atoms with Crippen LogP contribution in [0.15, 0.2) is 48.3 Å². The summed E-state index contributed by atoms with van der Waals surface area (Å²) in [7, 11) is 6.90. The molecule has 0 unspecified atom stereocenters. The lowest BCUT2D eigenvalue weighted by Gasteiger charge is -2.25. The zero-order valence-corrected chi connectivity index (χ0v) is 18.2. The number of hydrogen-bond acceptors (Lipinski definition) is 7. The number of hydrogen-bond donors (Lipinski definition) is 1. The Hall–Kier alpha value is -3.39. The Kier molecular flexibility index (Phi) is 6.91. The van der Waals surface area contributed by atoms with Gasteiger partial charge in [0.1, 0.15) is 5.76 Å². The van der Waals surface area contributed by atoms with Crippen molar-refractivity contribution in [2.45, 2.75) is 12.5 Å². The predicted molar refractivity (Wildman–Crippen MR) is 116 cm³/mol. The Bertz CT molecular complexity index is 988. The van der Waals surface area contributed by atoms with E-state index in [4.69, 9.17) is 9.47 Å². The van der Waals surface area contributed by atoms with E-state index in [0.717, 1.165) is 6.54 Å². The van der Waals surface area contributed by atoms with Crippen molar-refractivity contribution in [3.63, 3.8) is 0 Å². The normalized spacial score (nSPS) is 18.0. The molecule has 1 aliphatic rings. The largest absolute Gasteiger partial charge is 0.507 e. The second-order valence-corrected chi connectivity index (χ2v) is 7.50. The minimum Gasteiger partial charge on any atom is -0.507 e. The van der Waals surface area contributed by atoms with Crippen LogP contribution in [0.25, 0.3) is 5.76 Å². The number of methoxy groups -OCH3 is 2. The molecule has 8 nitrogen and oxygen atoms in total. The number of ketones is 1. The summed E-state index contributed by atoms with van der Waals surface area (Å²) in [5, 5.41) is 11.1. The van der Waals surface area contributed by atoms with Crippen LogP contribution < -0.4 is 9.47 Å². The number of benzene rings is 1. The second kappa shape index (κ2) is 9.61. The molecule has 1 atom stereocenters. The summed E-state index contributed by atoms with van der Waals surface area (Å²) in [6.45, 7) is 1.15. The molecule has 0 radical (unpaired) electrons. The van der Waals surface area contributed by atoms with E-state index < -0.39 is 17.7 Å². The van der Waals surface area contributed by atoms with Crippen LogP contribution in [0.2, 0.25) is 0 Å². The van der Waals surface area contributed by atoms with Crippen molar-refractivity contribution in [1.29, 1.82) is 0 Å². The molecule has 3 rings (SSSR count). The number of nitrogens with zero attached hydrogens (tertiary/aromatic N) is 3. The summed E-state index contributed by atoms with van der Waals surface area (Å²) in [5.41, 5.74) is 1.12. The van der Waals surface area contributed by atoms with Crippen molar-refractivity contribution in [1.82, 2.24) is 14.8 Å². The third-order valence-corrected chi connectivity index (χ3v) is 5.22. The van der Waals surface area contributed by atoms with Gasteiger partial charge in [-0.25, -0.2) is 0 Å². The van der Waals surface area contributed by atoms with E-state index in [1.165, 1.54) is 19.1 Å². The summed E-state index contributed by atoms with van der Waals surface area (Å²) < 4.78 is 10.6. The Morgan fingerprint density at radius 2 is 1.77 bits per heavy atom. The molecule has 1 aliphatic heterocycles. The summed E-state index contributed by atoms with van der Waals surface area (Å²) in [4.78, 5) is 33.5. The van der Waals surface area contributed by atoms with Crippen LogP contribution in [-0.2, 0) is 9.59 Å². The molecular weight excluding hydrogens is 398 g/mol. The van der Waals surface area contributed by atoms with E-state index >= 15 is 0 Å². The third kappa shape index (κ3) is 4.54. The molecule has 8 heteroatoms. The maximum Gasteiger partial charge on any atom is 0.295 e. The van der Waals surface area contributed by atoms with Crippen LogP contribution >= 0.6 is 0 Å². The number of aromatic nitrogens is 1. The lowest BCUT2D eigenvalue weighted by molar-refractivity contribution is -0.139. The molecule has 2 heterocycles. The number of rotatable bonds is 8. The molecule has 1 aromatic carbocycles. The van der Waals surface area contributed by atoms with Crippen molar-refractivity contribution in [2.24, 2.45) is 0 Å². The number of amides is 1. The van der Waals surface area contributed by atoms with Gasteiger partial charge in [0.25, 0.3) is 11.7 Å². The maximum atomic E-state index is 13.0. The Morgan fingerprint density at radius 1 is 1.10 bits per heavy atom. The Balaban J connectivity index is 2.09. The molecule has 0 aliphatic carbocycles. The van der Waals surface area contributed by atoms with Gasteiger partial charge in [-0.2, -0.15) is 0 Å². The second-order valence-electron chi connectivity index (χ2n) is 7.50.